The number of piperazine rings is 1. The van der Waals surface area contributed by atoms with Crippen molar-refractivity contribution in [3.8, 4) is 0 Å². The molecule has 0 radical (unpaired) electrons. The predicted octanol–water partition coefficient (Wildman–Crippen LogP) is 0.457. The van der Waals surface area contributed by atoms with Gasteiger partial charge in [0.15, 0.2) is 0 Å². The van der Waals surface area contributed by atoms with E-state index in [1.807, 2.05) is 9.80 Å². The molecule has 2 amide bonds. The third-order valence-corrected chi connectivity index (χ3v) is 5.03. The topological polar surface area (TPSA) is 52.7 Å². The Hall–Kier alpha value is -1.10. The Kier molecular flexibility index (Phi) is 3.71. The van der Waals surface area contributed by atoms with Crippen LogP contribution in [0.3, 0.4) is 0 Å². The molecule has 0 aromatic rings. The van der Waals surface area contributed by atoms with Gasteiger partial charge in [-0.3, -0.25) is 9.59 Å². The van der Waals surface area contributed by atoms with Gasteiger partial charge in [-0.25, -0.2) is 0 Å². The first kappa shape index (κ1) is 13.9. The Balaban J connectivity index is 1.54. The summed E-state index contributed by atoms with van der Waals surface area (Å²) in [6.07, 6.45) is 3.96. The van der Waals surface area contributed by atoms with Gasteiger partial charge in [-0.15, -0.1) is 0 Å². The van der Waals surface area contributed by atoms with Crippen LogP contribution in [0.15, 0.2) is 0 Å². The molecule has 2 saturated heterocycles. The first-order valence-corrected chi connectivity index (χ1v) is 7.89. The van der Waals surface area contributed by atoms with Crippen molar-refractivity contribution >= 4 is 11.8 Å². The van der Waals surface area contributed by atoms with Crippen LogP contribution >= 0.6 is 0 Å². The molecule has 0 bridgehead atoms. The van der Waals surface area contributed by atoms with Crippen molar-refractivity contribution in [3.63, 3.8) is 0 Å². The van der Waals surface area contributed by atoms with E-state index in [2.05, 4.69) is 12.2 Å². The summed E-state index contributed by atoms with van der Waals surface area (Å²) >= 11 is 0. The predicted molar refractivity (Wildman–Crippen MR) is 76.1 cm³/mol. The van der Waals surface area contributed by atoms with Gasteiger partial charge >= 0.3 is 0 Å². The van der Waals surface area contributed by atoms with Gasteiger partial charge in [-0.05, 0) is 38.8 Å². The highest BCUT2D eigenvalue weighted by Gasteiger charge is 2.40. The molecule has 20 heavy (non-hydrogen) atoms. The van der Waals surface area contributed by atoms with Crippen LogP contribution in [-0.2, 0) is 9.59 Å². The van der Waals surface area contributed by atoms with E-state index in [9.17, 15) is 9.59 Å². The van der Waals surface area contributed by atoms with Crippen LogP contribution in [0, 0.1) is 11.3 Å². The average Bonchev–Trinajstić information content (AvgIpc) is 3.31. The van der Waals surface area contributed by atoms with E-state index in [0.29, 0.717) is 24.9 Å². The summed E-state index contributed by atoms with van der Waals surface area (Å²) in [4.78, 5) is 28.6. The smallest absolute Gasteiger partial charge is 0.228 e. The monoisotopic (exact) mass is 279 g/mol. The van der Waals surface area contributed by atoms with Crippen LogP contribution in [0.5, 0.6) is 0 Å². The quantitative estimate of drug-likeness (QED) is 0.799. The van der Waals surface area contributed by atoms with Crippen molar-refractivity contribution in [1.82, 2.24) is 15.1 Å². The Labute approximate surface area is 120 Å². The van der Waals surface area contributed by atoms with Crippen molar-refractivity contribution in [3.05, 3.63) is 0 Å². The minimum atomic E-state index is -0.200. The number of carbonyl (C=O) groups excluding carboxylic acids is 2. The highest BCUT2D eigenvalue weighted by Crippen LogP contribution is 2.33. The number of rotatable bonds is 2. The highest BCUT2D eigenvalue weighted by atomic mass is 16.2. The van der Waals surface area contributed by atoms with E-state index in [4.69, 9.17) is 0 Å². The number of hydrogen-bond donors (Lipinski definition) is 1. The third kappa shape index (κ3) is 2.68. The van der Waals surface area contributed by atoms with E-state index >= 15 is 0 Å². The Morgan fingerprint density at radius 3 is 2.10 bits per heavy atom. The molecule has 0 unspecified atom stereocenters. The molecule has 0 aromatic carbocycles. The number of piperidine rings is 1. The Morgan fingerprint density at radius 2 is 1.55 bits per heavy atom. The lowest BCUT2D eigenvalue weighted by Crippen LogP contribution is -2.55. The summed E-state index contributed by atoms with van der Waals surface area (Å²) in [6.45, 7) is 6.81. The molecule has 5 heteroatoms. The lowest BCUT2D eigenvalue weighted by atomic mass is 9.79. The zero-order valence-corrected chi connectivity index (χ0v) is 12.4. The summed E-state index contributed by atoms with van der Waals surface area (Å²) in [6, 6.07) is 0. The van der Waals surface area contributed by atoms with Crippen LogP contribution < -0.4 is 5.32 Å². The van der Waals surface area contributed by atoms with Gasteiger partial charge < -0.3 is 15.1 Å². The van der Waals surface area contributed by atoms with Crippen LogP contribution in [-0.4, -0.2) is 60.9 Å². The SMILES string of the molecule is CC1(C(=O)N2CCN(C(=O)C3CC3)CC2)CCNCC1. The number of hydrogen-bond acceptors (Lipinski definition) is 3. The van der Waals surface area contributed by atoms with Gasteiger partial charge in [0.05, 0.1) is 0 Å². The third-order valence-electron chi connectivity index (χ3n) is 5.03. The molecule has 3 aliphatic rings. The molecule has 3 fully saturated rings. The second kappa shape index (κ2) is 5.35. The molecule has 0 aromatic heterocycles. The summed E-state index contributed by atoms with van der Waals surface area (Å²) < 4.78 is 0. The molecular formula is C15H25N3O2. The first-order chi connectivity index (χ1) is 9.60. The fourth-order valence-electron chi connectivity index (χ4n) is 3.29. The number of nitrogens with zero attached hydrogens (tertiary/aromatic N) is 2. The molecule has 112 valence electrons. The van der Waals surface area contributed by atoms with Crippen molar-refractivity contribution in [2.75, 3.05) is 39.3 Å². The molecule has 2 aliphatic heterocycles. The van der Waals surface area contributed by atoms with E-state index in [1.165, 1.54) is 0 Å². The van der Waals surface area contributed by atoms with Gasteiger partial charge in [0.25, 0.3) is 0 Å². The van der Waals surface area contributed by atoms with E-state index in [1.54, 1.807) is 0 Å². The standard InChI is InChI=1S/C15H25N3O2/c1-15(4-6-16-7-5-15)14(20)18-10-8-17(9-11-18)13(19)12-2-3-12/h12,16H,2-11H2,1H3. The van der Waals surface area contributed by atoms with Crippen molar-refractivity contribution in [1.29, 1.82) is 0 Å². The Morgan fingerprint density at radius 1 is 1.00 bits per heavy atom. The van der Waals surface area contributed by atoms with Crippen LogP contribution in [0.1, 0.15) is 32.6 Å². The van der Waals surface area contributed by atoms with Gasteiger partial charge in [0.2, 0.25) is 11.8 Å². The van der Waals surface area contributed by atoms with Gasteiger partial charge in [-0.2, -0.15) is 0 Å². The second-order valence-electron chi connectivity index (χ2n) is 6.70. The van der Waals surface area contributed by atoms with Gasteiger partial charge in [0.1, 0.15) is 0 Å². The van der Waals surface area contributed by atoms with E-state index in [0.717, 1.165) is 51.9 Å². The molecule has 1 saturated carbocycles. The summed E-state index contributed by atoms with van der Waals surface area (Å²) in [5.41, 5.74) is -0.200. The van der Waals surface area contributed by atoms with Crippen LogP contribution in [0.4, 0.5) is 0 Å². The molecule has 0 spiro atoms. The van der Waals surface area contributed by atoms with Crippen LogP contribution in [0.25, 0.3) is 0 Å². The summed E-state index contributed by atoms with van der Waals surface area (Å²) in [7, 11) is 0. The number of nitrogens with one attached hydrogen (secondary N) is 1. The normalized spacial score (nSPS) is 26.4. The highest BCUT2D eigenvalue weighted by molar-refractivity contribution is 5.84. The average molecular weight is 279 g/mol. The summed E-state index contributed by atoms with van der Waals surface area (Å²) in [5.74, 6) is 0.891. The number of amides is 2. The molecule has 2 heterocycles. The number of carbonyl (C=O) groups is 2. The minimum Gasteiger partial charge on any atom is -0.339 e. The molecule has 1 aliphatic carbocycles. The fraction of sp³-hybridized carbons (Fsp3) is 0.867. The Bertz CT molecular complexity index is 392. The van der Waals surface area contributed by atoms with E-state index < -0.39 is 0 Å². The largest absolute Gasteiger partial charge is 0.339 e. The van der Waals surface area contributed by atoms with Crippen molar-refractivity contribution in [2.45, 2.75) is 32.6 Å². The fourth-order valence-corrected chi connectivity index (χ4v) is 3.29. The van der Waals surface area contributed by atoms with Crippen molar-refractivity contribution < 1.29 is 9.59 Å². The zero-order chi connectivity index (χ0) is 14.2. The molecular weight excluding hydrogens is 254 g/mol. The summed E-state index contributed by atoms with van der Waals surface area (Å²) in [5, 5.41) is 3.32. The maximum Gasteiger partial charge on any atom is 0.228 e. The molecule has 0 atom stereocenters. The minimum absolute atomic E-state index is 0.200. The van der Waals surface area contributed by atoms with Crippen LogP contribution in [0.2, 0.25) is 0 Å². The molecule has 3 rings (SSSR count). The van der Waals surface area contributed by atoms with E-state index in [-0.39, 0.29) is 11.3 Å². The van der Waals surface area contributed by atoms with Gasteiger partial charge in [0, 0.05) is 37.5 Å². The molecule has 1 N–H and O–H groups in total. The zero-order valence-electron chi connectivity index (χ0n) is 12.4. The maximum absolute atomic E-state index is 12.7. The maximum atomic E-state index is 12.7. The van der Waals surface area contributed by atoms with Gasteiger partial charge in [-0.1, -0.05) is 6.92 Å². The first-order valence-electron chi connectivity index (χ1n) is 7.89. The second-order valence-corrected chi connectivity index (χ2v) is 6.70. The van der Waals surface area contributed by atoms with Crippen molar-refractivity contribution in [2.24, 2.45) is 11.3 Å². The molecule has 5 nitrogen and oxygen atoms in total. The lowest BCUT2D eigenvalue weighted by Gasteiger charge is -2.41. The lowest BCUT2D eigenvalue weighted by molar-refractivity contribution is -0.147.